The van der Waals surface area contributed by atoms with E-state index in [0.717, 1.165) is 45.7 Å². The van der Waals surface area contributed by atoms with Crippen LogP contribution in [0.1, 0.15) is 54.5 Å². The number of rotatable bonds is 5. The topological polar surface area (TPSA) is 65.0 Å². The van der Waals surface area contributed by atoms with E-state index >= 15 is 0 Å². The lowest BCUT2D eigenvalue weighted by molar-refractivity contribution is -0.156. The summed E-state index contributed by atoms with van der Waals surface area (Å²) in [5.74, 6) is 1.36. The second-order valence-electron chi connectivity index (χ2n) is 9.09. The molecule has 0 saturated carbocycles. The summed E-state index contributed by atoms with van der Waals surface area (Å²) in [7, 11) is 0. The first-order valence-electron chi connectivity index (χ1n) is 10.8. The van der Waals surface area contributed by atoms with Gasteiger partial charge >= 0.3 is 5.97 Å². The van der Waals surface area contributed by atoms with Crippen molar-refractivity contribution in [3.05, 3.63) is 64.2 Å². The van der Waals surface area contributed by atoms with Gasteiger partial charge in [-0.15, -0.1) is 0 Å². The van der Waals surface area contributed by atoms with Crippen molar-refractivity contribution in [2.75, 3.05) is 0 Å². The molecule has 2 aromatic rings. The lowest BCUT2D eigenvalue weighted by atomic mass is 9.92. The monoisotopic (exact) mass is 422 g/mol. The number of carbonyl (C=O) groups excluding carboxylic acids is 1. The van der Waals surface area contributed by atoms with Gasteiger partial charge in [-0.05, 0) is 44.9 Å². The Bertz CT molecular complexity index is 1010. The minimum atomic E-state index is -0.666. The molecule has 0 aromatic heterocycles. The number of ether oxygens (including phenoxy) is 3. The summed E-state index contributed by atoms with van der Waals surface area (Å²) in [6.07, 6.45) is 3.93. The number of fused-ring (bicyclic) bond motifs is 1. The molecule has 0 spiro atoms. The van der Waals surface area contributed by atoms with Crippen LogP contribution < -0.4 is 9.47 Å². The quantitative estimate of drug-likeness (QED) is 0.709. The van der Waals surface area contributed by atoms with Gasteiger partial charge in [-0.1, -0.05) is 36.4 Å². The molecule has 31 heavy (non-hydrogen) atoms. The number of hydrogen-bond acceptors (Lipinski definition) is 5. The first-order valence-corrected chi connectivity index (χ1v) is 10.8. The molecule has 4 rings (SSSR count). The molecule has 1 N–H and O–H groups in total. The van der Waals surface area contributed by atoms with Crippen LogP contribution in [0.4, 0.5) is 0 Å². The highest BCUT2D eigenvalue weighted by Crippen LogP contribution is 2.46. The standard InChI is InChI=1S/C26H30O5/c1-16-21(11-10-20-12-19(27)13-23(28)30-20)25-22(14-26(3,4)31-25)17(2)24(16)29-15-18-8-6-5-7-9-18/h5-11,19-20,27H,12-15H2,1-4H3/b11-10+/t19-,20-/m1/s1. The number of cyclic esters (lactones) is 1. The summed E-state index contributed by atoms with van der Waals surface area (Å²) >= 11 is 0. The number of hydrogen-bond donors (Lipinski definition) is 1. The van der Waals surface area contributed by atoms with Crippen molar-refractivity contribution in [3.63, 3.8) is 0 Å². The Hall–Kier alpha value is -2.79. The van der Waals surface area contributed by atoms with Gasteiger partial charge < -0.3 is 19.3 Å². The number of esters is 1. The van der Waals surface area contributed by atoms with Crippen LogP contribution in [-0.4, -0.2) is 28.9 Å². The van der Waals surface area contributed by atoms with Gasteiger partial charge in [-0.2, -0.15) is 0 Å². The van der Waals surface area contributed by atoms with Crippen LogP contribution in [0.25, 0.3) is 6.08 Å². The van der Waals surface area contributed by atoms with Crippen molar-refractivity contribution >= 4 is 12.0 Å². The Morgan fingerprint density at radius 2 is 1.94 bits per heavy atom. The number of aliphatic hydroxyl groups is 1. The largest absolute Gasteiger partial charge is 0.488 e. The lowest BCUT2D eigenvalue weighted by Gasteiger charge is -2.24. The number of benzene rings is 2. The zero-order valence-corrected chi connectivity index (χ0v) is 18.6. The Balaban J connectivity index is 1.69. The summed E-state index contributed by atoms with van der Waals surface area (Å²) in [5.41, 5.74) is 4.99. The van der Waals surface area contributed by atoms with E-state index in [1.165, 1.54) is 0 Å². The first-order chi connectivity index (χ1) is 14.7. The first kappa shape index (κ1) is 21.4. The van der Waals surface area contributed by atoms with Crippen LogP contribution in [0.15, 0.2) is 36.4 Å². The molecule has 0 radical (unpaired) electrons. The Morgan fingerprint density at radius 1 is 1.19 bits per heavy atom. The van der Waals surface area contributed by atoms with Crippen LogP contribution in [0.5, 0.6) is 11.5 Å². The van der Waals surface area contributed by atoms with E-state index in [-0.39, 0.29) is 18.0 Å². The van der Waals surface area contributed by atoms with Gasteiger partial charge in [0.2, 0.25) is 0 Å². The van der Waals surface area contributed by atoms with Gasteiger partial charge in [-0.3, -0.25) is 4.79 Å². The van der Waals surface area contributed by atoms with E-state index in [9.17, 15) is 9.90 Å². The fourth-order valence-electron chi connectivity index (χ4n) is 4.39. The Labute approximate surface area is 183 Å². The van der Waals surface area contributed by atoms with Crippen molar-refractivity contribution in [1.82, 2.24) is 0 Å². The third kappa shape index (κ3) is 4.62. The van der Waals surface area contributed by atoms with Crippen molar-refractivity contribution in [3.8, 4) is 11.5 Å². The summed E-state index contributed by atoms with van der Waals surface area (Å²) in [6.45, 7) is 8.77. The Kier molecular flexibility index (Phi) is 5.80. The van der Waals surface area contributed by atoms with Crippen molar-refractivity contribution in [2.24, 2.45) is 0 Å². The fourth-order valence-corrected chi connectivity index (χ4v) is 4.39. The normalized spacial score (nSPS) is 22.2. The molecule has 2 heterocycles. The van der Waals surface area contributed by atoms with Gasteiger partial charge in [-0.25, -0.2) is 0 Å². The molecule has 0 bridgehead atoms. The maximum absolute atomic E-state index is 11.7. The van der Waals surface area contributed by atoms with Crippen molar-refractivity contribution in [1.29, 1.82) is 0 Å². The molecule has 5 heteroatoms. The molecule has 2 atom stereocenters. The smallest absolute Gasteiger partial charge is 0.309 e. The maximum atomic E-state index is 11.7. The summed E-state index contributed by atoms with van der Waals surface area (Å²) in [6, 6.07) is 10.1. The molecule has 0 aliphatic carbocycles. The molecule has 1 fully saturated rings. The van der Waals surface area contributed by atoms with Gasteiger partial charge in [0, 0.05) is 29.5 Å². The predicted octanol–water partition coefficient (Wildman–Crippen LogP) is 4.68. The fraction of sp³-hybridized carbons (Fsp3) is 0.423. The average molecular weight is 423 g/mol. The summed E-state index contributed by atoms with van der Waals surface area (Å²) in [5, 5.41) is 9.90. The highest BCUT2D eigenvalue weighted by Gasteiger charge is 2.35. The zero-order valence-electron chi connectivity index (χ0n) is 18.6. The number of carbonyl (C=O) groups is 1. The third-order valence-corrected chi connectivity index (χ3v) is 5.93. The number of aliphatic hydroxyl groups excluding tert-OH is 1. The second-order valence-corrected chi connectivity index (χ2v) is 9.09. The Morgan fingerprint density at radius 3 is 2.65 bits per heavy atom. The van der Waals surface area contributed by atoms with Gasteiger partial charge in [0.1, 0.15) is 29.8 Å². The van der Waals surface area contributed by atoms with E-state index in [1.807, 2.05) is 49.4 Å². The molecule has 1 saturated heterocycles. The SMILES string of the molecule is Cc1c(/C=C/[C@@H]2C[C@@H](O)CC(=O)O2)c2c(c(C)c1OCc1ccccc1)CC(C)(C)O2. The van der Waals surface area contributed by atoms with Gasteiger partial charge in [0.25, 0.3) is 0 Å². The van der Waals surface area contributed by atoms with E-state index in [4.69, 9.17) is 14.2 Å². The van der Waals surface area contributed by atoms with E-state index < -0.39 is 12.2 Å². The molecular formula is C26H30O5. The molecule has 0 amide bonds. The second kappa shape index (κ2) is 8.39. The lowest BCUT2D eigenvalue weighted by Crippen LogP contribution is -2.31. The molecule has 2 aromatic carbocycles. The zero-order chi connectivity index (χ0) is 22.2. The van der Waals surface area contributed by atoms with Crippen molar-refractivity contribution in [2.45, 2.75) is 71.4 Å². The third-order valence-electron chi connectivity index (χ3n) is 5.93. The molecule has 2 aliphatic heterocycles. The molecule has 0 unspecified atom stereocenters. The highest BCUT2D eigenvalue weighted by atomic mass is 16.5. The maximum Gasteiger partial charge on any atom is 0.309 e. The molecule has 2 aliphatic rings. The summed E-state index contributed by atoms with van der Waals surface area (Å²) in [4.78, 5) is 11.7. The van der Waals surface area contributed by atoms with E-state index in [1.54, 1.807) is 0 Å². The van der Waals surface area contributed by atoms with Gasteiger partial charge in [0.15, 0.2) is 0 Å². The van der Waals surface area contributed by atoms with E-state index in [2.05, 4.69) is 20.8 Å². The predicted molar refractivity (Wildman–Crippen MR) is 119 cm³/mol. The van der Waals surface area contributed by atoms with Gasteiger partial charge in [0.05, 0.1) is 12.5 Å². The van der Waals surface area contributed by atoms with Crippen LogP contribution in [-0.2, 0) is 22.6 Å². The highest BCUT2D eigenvalue weighted by molar-refractivity contribution is 5.73. The summed E-state index contributed by atoms with van der Waals surface area (Å²) < 4.78 is 18.0. The van der Waals surface area contributed by atoms with E-state index in [0.29, 0.717) is 13.0 Å². The molecule has 5 nitrogen and oxygen atoms in total. The van der Waals surface area contributed by atoms with Crippen molar-refractivity contribution < 1.29 is 24.1 Å². The van der Waals surface area contributed by atoms with Crippen LogP contribution >= 0.6 is 0 Å². The molecular weight excluding hydrogens is 392 g/mol. The minimum absolute atomic E-state index is 0.0536. The van der Waals surface area contributed by atoms with Crippen LogP contribution in [0.3, 0.4) is 0 Å². The minimum Gasteiger partial charge on any atom is -0.488 e. The van der Waals surface area contributed by atoms with Crippen LogP contribution in [0, 0.1) is 13.8 Å². The average Bonchev–Trinajstić information content (AvgIpc) is 3.03. The van der Waals surface area contributed by atoms with Crippen LogP contribution in [0.2, 0.25) is 0 Å². The molecule has 164 valence electrons.